The molecule has 0 atom stereocenters. The van der Waals surface area contributed by atoms with Gasteiger partial charge in [-0.15, -0.1) is 0 Å². The number of amides is 1. The van der Waals surface area contributed by atoms with Gasteiger partial charge in [-0.05, 0) is 62.0 Å². The maximum atomic E-state index is 12.1. The Bertz CT molecular complexity index is 447. The quantitative estimate of drug-likeness (QED) is 0.894. The fourth-order valence-corrected chi connectivity index (χ4v) is 2.76. The number of carbonyl (C=O) groups excluding carboxylic acids is 1. The van der Waals surface area contributed by atoms with E-state index in [-0.39, 0.29) is 11.3 Å². The van der Waals surface area contributed by atoms with E-state index in [9.17, 15) is 4.79 Å². The van der Waals surface area contributed by atoms with Crippen molar-refractivity contribution in [1.82, 2.24) is 10.6 Å². The molecule has 1 saturated heterocycles. The fourth-order valence-electron chi connectivity index (χ4n) is 2.47. The van der Waals surface area contributed by atoms with Crippen molar-refractivity contribution in [3.8, 4) is 0 Å². The van der Waals surface area contributed by atoms with E-state index in [2.05, 4.69) is 17.6 Å². The number of nitrogens with one attached hydrogen (secondary N) is 2. The second kappa shape index (κ2) is 5.93. The van der Waals surface area contributed by atoms with Gasteiger partial charge in [-0.3, -0.25) is 4.79 Å². The number of halogens is 1. The summed E-state index contributed by atoms with van der Waals surface area (Å²) < 4.78 is 0. The Labute approximate surface area is 119 Å². The lowest BCUT2D eigenvalue weighted by Gasteiger charge is -2.34. The van der Waals surface area contributed by atoms with Crippen molar-refractivity contribution in [3.05, 3.63) is 34.3 Å². The molecule has 1 amide bonds. The van der Waals surface area contributed by atoms with Crippen LogP contribution in [0.4, 0.5) is 0 Å². The van der Waals surface area contributed by atoms with Crippen molar-refractivity contribution < 1.29 is 4.79 Å². The van der Waals surface area contributed by atoms with Gasteiger partial charge < -0.3 is 10.6 Å². The summed E-state index contributed by atoms with van der Waals surface area (Å²) in [4.78, 5) is 12.1. The molecule has 104 valence electrons. The van der Waals surface area contributed by atoms with Gasteiger partial charge in [0.25, 0.3) is 5.91 Å². The number of piperidine rings is 1. The first-order valence-electron chi connectivity index (χ1n) is 6.75. The second-order valence-corrected chi connectivity index (χ2v) is 6.20. The van der Waals surface area contributed by atoms with E-state index in [1.54, 1.807) is 6.07 Å². The maximum absolute atomic E-state index is 12.1. The Morgan fingerprint density at radius 2 is 2.05 bits per heavy atom. The van der Waals surface area contributed by atoms with E-state index in [4.69, 9.17) is 11.6 Å². The molecule has 1 aliphatic heterocycles. The fraction of sp³-hybridized carbons (Fsp3) is 0.533. The molecule has 0 unspecified atom stereocenters. The third-order valence-electron chi connectivity index (χ3n) is 3.79. The Morgan fingerprint density at radius 3 is 2.68 bits per heavy atom. The van der Waals surface area contributed by atoms with Crippen LogP contribution in [0.1, 0.15) is 35.7 Å². The Balaban J connectivity index is 1.97. The summed E-state index contributed by atoms with van der Waals surface area (Å²) in [6.07, 6.45) is 2.20. The summed E-state index contributed by atoms with van der Waals surface area (Å²) >= 11 is 5.98. The second-order valence-electron chi connectivity index (χ2n) is 5.76. The van der Waals surface area contributed by atoms with E-state index >= 15 is 0 Å². The lowest BCUT2D eigenvalue weighted by atomic mass is 9.81. The predicted octanol–water partition coefficient (Wildman–Crippen LogP) is 2.77. The summed E-state index contributed by atoms with van der Waals surface area (Å²) in [5.41, 5.74) is 1.85. The average molecular weight is 281 g/mol. The Hall–Kier alpha value is -1.06. The molecule has 0 spiro atoms. The maximum Gasteiger partial charge on any atom is 0.251 e. The van der Waals surface area contributed by atoms with Crippen LogP contribution >= 0.6 is 11.6 Å². The lowest BCUT2D eigenvalue weighted by molar-refractivity contribution is 0.0922. The third-order valence-corrected chi connectivity index (χ3v) is 4.01. The topological polar surface area (TPSA) is 41.1 Å². The molecule has 2 rings (SSSR count). The molecule has 1 aliphatic rings. The Kier molecular flexibility index (Phi) is 4.48. The molecular formula is C15H21ClN2O. The monoisotopic (exact) mass is 280 g/mol. The van der Waals surface area contributed by atoms with E-state index in [1.165, 1.54) is 0 Å². The minimum atomic E-state index is -0.0367. The molecule has 2 N–H and O–H groups in total. The van der Waals surface area contributed by atoms with Gasteiger partial charge in [0.15, 0.2) is 0 Å². The normalized spacial score (nSPS) is 18.1. The number of benzene rings is 1. The van der Waals surface area contributed by atoms with Crippen LogP contribution in [-0.2, 0) is 0 Å². The lowest BCUT2D eigenvalue weighted by Crippen LogP contribution is -2.42. The molecule has 3 nitrogen and oxygen atoms in total. The van der Waals surface area contributed by atoms with Crippen molar-refractivity contribution in [2.24, 2.45) is 5.41 Å². The number of rotatable bonds is 3. The van der Waals surface area contributed by atoms with Crippen LogP contribution in [0.3, 0.4) is 0 Å². The number of aryl methyl sites for hydroxylation is 1. The molecule has 0 bridgehead atoms. The summed E-state index contributed by atoms with van der Waals surface area (Å²) in [5, 5.41) is 6.99. The minimum Gasteiger partial charge on any atom is -0.351 e. The molecule has 1 heterocycles. The van der Waals surface area contributed by atoms with Crippen molar-refractivity contribution in [3.63, 3.8) is 0 Å². The highest BCUT2D eigenvalue weighted by molar-refractivity contribution is 6.31. The average Bonchev–Trinajstić information content (AvgIpc) is 2.36. The van der Waals surface area contributed by atoms with Crippen LogP contribution < -0.4 is 10.6 Å². The highest BCUT2D eigenvalue weighted by Gasteiger charge is 2.27. The first-order valence-corrected chi connectivity index (χ1v) is 7.12. The summed E-state index contributed by atoms with van der Waals surface area (Å²) in [5.74, 6) is -0.0367. The summed E-state index contributed by atoms with van der Waals surface area (Å²) in [6.45, 7) is 6.96. The van der Waals surface area contributed by atoms with Crippen LogP contribution in [-0.4, -0.2) is 25.5 Å². The zero-order valence-corrected chi connectivity index (χ0v) is 12.3. The first kappa shape index (κ1) is 14.4. The number of hydrogen-bond donors (Lipinski definition) is 2. The molecule has 0 radical (unpaired) electrons. The van der Waals surface area contributed by atoms with Gasteiger partial charge >= 0.3 is 0 Å². The van der Waals surface area contributed by atoms with Gasteiger partial charge in [0, 0.05) is 17.1 Å². The molecule has 0 aliphatic carbocycles. The van der Waals surface area contributed by atoms with Gasteiger partial charge in [0.1, 0.15) is 0 Å². The van der Waals surface area contributed by atoms with Gasteiger partial charge in [0.05, 0.1) is 0 Å². The van der Waals surface area contributed by atoms with Gasteiger partial charge in [-0.1, -0.05) is 18.5 Å². The molecule has 0 saturated carbocycles. The van der Waals surface area contributed by atoms with Crippen LogP contribution in [0.5, 0.6) is 0 Å². The molecule has 1 fully saturated rings. The molecule has 0 aromatic heterocycles. The van der Waals surface area contributed by atoms with Crippen LogP contribution in [0.15, 0.2) is 18.2 Å². The van der Waals surface area contributed by atoms with Crippen molar-refractivity contribution in [2.75, 3.05) is 19.6 Å². The first-order chi connectivity index (χ1) is 8.98. The summed E-state index contributed by atoms with van der Waals surface area (Å²) in [6, 6.07) is 5.44. The van der Waals surface area contributed by atoms with Crippen molar-refractivity contribution >= 4 is 17.5 Å². The SMILES string of the molecule is Cc1cc(Cl)cc(C(=O)NCC2(C)CCNCC2)c1. The van der Waals surface area contributed by atoms with E-state index in [1.807, 2.05) is 19.1 Å². The molecule has 19 heavy (non-hydrogen) atoms. The van der Waals surface area contributed by atoms with Crippen LogP contribution in [0.2, 0.25) is 5.02 Å². The number of carbonyl (C=O) groups is 1. The van der Waals surface area contributed by atoms with Crippen LogP contribution in [0, 0.1) is 12.3 Å². The van der Waals surface area contributed by atoms with E-state index < -0.39 is 0 Å². The predicted molar refractivity (Wildman–Crippen MR) is 78.7 cm³/mol. The van der Waals surface area contributed by atoms with E-state index in [0.717, 1.165) is 38.0 Å². The molecular weight excluding hydrogens is 260 g/mol. The highest BCUT2D eigenvalue weighted by Crippen LogP contribution is 2.26. The highest BCUT2D eigenvalue weighted by atomic mass is 35.5. The van der Waals surface area contributed by atoms with Gasteiger partial charge in [-0.25, -0.2) is 0 Å². The zero-order valence-electron chi connectivity index (χ0n) is 11.6. The smallest absolute Gasteiger partial charge is 0.251 e. The number of hydrogen-bond acceptors (Lipinski definition) is 2. The molecule has 4 heteroatoms. The van der Waals surface area contributed by atoms with Gasteiger partial charge in [-0.2, -0.15) is 0 Å². The molecule has 1 aromatic rings. The zero-order chi connectivity index (χ0) is 13.9. The summed E-state index contributed by atoms with van der Waals surface area (Å²) in [7, 11) is 0. The standard InChI is InChI=1S/C15H21ClN2O/c1-11-7-12(9-13(16)8-11)14(19)18-10-15(2)3-5-17-6-4-15/h7-9,17H,3-6,10H2,1-2H3,(H,18,19). The van der Waals surface area contributed by atoms with E-state index in [0.29, 0.717) is 10.6 Å². The van der Waals surface area contributed by atoms with Crippen LogP contribution in [0.25, 0.3) is 0 Å². The third kappa shape index (κ3) is 3.95. The Morgan fingerprint density at radius 1 is 1.37 bits per heavy atom. The van der Waals surface area contributed by atoms with Crippen molar-refractivity contribution in [1.29, 1.82) is 0 Å². The largest absolute Gasteiger partial charge is 0.351 e. The minimum absolute atomic E-state index is 0.0367. The van der Waals surface area contributed by atoms with Gasteiger partial charge in [0.2, 0.25) is 0 Å². The molecule has 1 aromatic carbocycles. The van der Waals surface area contributed by atoms with Crippen molar-refractivity contribution in [2.45, 2.75) is 26.7 Å².